The number of halogens is 1. The SMILES string of the molecule is [C-]#[N+]c1c(F)ccc2c1oc1c(-c3ccccn3)cccc12. The van der Waals surface area contributed by atoms with Crippen molar-refractivity contribution in [3.63, 3.8) is 0 Å². The van der Waals surface area contributed by atoms with Crippen LogP contribution >= 0.6 is 0 Å². The number of pyridine rings is 1. The predicted octanol–water partition coefficient (Wildman–Crippen LogP) is 5.34. The molecular formula is C18H9FN2O. The molecule has 0 saturated heterocycles. The van der Waals surface area contributed by atoms with Crippen LogP contribution in [0.4, 0.5) is 10.1 Å². The number of nitrogens with zero attached hydrogens (tertiary/aromatic N) is 2. The summed E-state index contributed by atoms with van der Waals surface area (Å²) < 4.78 is 19.6. The maximum Gasteiger partial charge on any atom is 0.264 e. The van der Waals surface area contributed by atoms with Gasteiger partial charge in [0.2, 0.25) is 0 Å². The Morgan fingerprint density at radius 2 is 1.82 bits per heavy atom. The molecule has 0 saturated carbocycles. The lowest BCUT2D eigenvalue weighted by atomic mass is 10.1. The summed E-state index contributed by atoms with van der Waals surface area (Å²) in [5.41, 5.74) is 2.42. The summed E-state index contributed by atoms with van der Waals surface area (Å²) in [6.07, 6.45) is 1.71. The van der Waals surface area contributed by atoms with E-state index in [-0.39, 0.29) is 11.3 Å². The Hall–Kier alpha value is -3.19. The molecule has 3 nitrogen and oxygen atoms in total. The number of para-hydroxylation sites is 1. The second-order valence-corrected chi connectivity index (χ2v) is 4.88. The quantitative estimate of drug-likeness (QED) is 0.443. The van der Waals surface area contributed by atoms with Crippen molar-refractivity contribution in [3.05, 3.63) is 72.0 Å². The lowest BCUT2D eigenvalue weighted by molar-refractivity contribution is 0.625. The molecule has 2 heterocycles. The number of hydrogen-bond acceptors (Lipinski definition) is 2. The van der Waals surface area contributed by atoms with Crippen molar-refractivity contribution in [1.29, 1.82) is 0 Å². The molecule has 0 amide bonds. The van der Waals surface area contributed by atoms with Gasteiger partial charge in [0, 0.05) is 22.5 Å². The van der Waals surface area contributed by atoms with Gasteiger partial charge >= 0.3 is 0 Å². The third kappa shape index (κ3) is 1.69. The van der Waals surface area contributed by atoms with Crippen molar-refractivity contribution >= 4 is 27.6 Å². The number of aromatic nitrogens is 1. The standard InChI is InChI=1S/C18H9FN2O/c1-20-16-14(19)9-8-12-11-5-4-6-13(17(11)22-18(12)16)15-7-2-3-10-21-15/h2-10H. The minimum Gasteiger partial charge on any atom is -0.466 e. The summed E-state index contributed by atoms with van der Waals surface area (Å²) in [7, 11) is 0. The molecule has 0 bridgehead atoms. The van der Waals surface area contributed by atoms with E-state index in [2.05, 4.69) is 9.83 Å². The van der Waals surface area contributed by atoms with Crippen LogP contribution in [0, 0.1) is 12.4 Å². The van der Waals surface area contributed by atoms with Gasteiger partial charge in [-0.3, -0.25) is 4.98 Å². The van der Waals surface area contributed by atoms with E-state index in [1.54, 1.807) is 12.3 Å². The molecule has 104 valence electrons. The fourth-order valence-corrected chi connectivity index (χ4v) is 2.65. The highest BCUT2D eigenvalue weighted by Gasteiger charge is 2.17. The highest BCUT2D eigenvalue weighted by molar-refractivity contribution is 6.12. The fourth-order valence-electron chi connectivity index (χ4n) is 2.65. The molecule has 2 aromatic carbocycles. The summed E-state index contributed by atoms with van der Waals surface area (Å²) in [4.78, 5) is 7.60. The fraction of sp³-hybridized carbons (Fsp3) is 0. The molecule has 0 atom stereocenters. The van der Waals surface area contributed by atoms with Crippen LogP contribution < -0.4 is 0 Å². The molecule has 4 rings (SSSR count). The summed E-state index contributed by atoms with van der Waals surface area (Å²) in [6.45, 7) is 7.17. The van der Waals surface area contributed by atoms with Crippen LogP contribution in [0.5, 0.6) is 0 Å². The van der Waals surface area contributed by atoms with Gasteiger partial charge in [0.1, 0.15) is 17.0 Å². The highest BCUT2D eigenvalue weighted by atomic mass is 19.1. The average Bonchev–Trinajstić information content (AvgIpc) is 2.94. The van der Waals surface area contributed by atoms with Crippen LogP contribution in [-0.4, -0.2) is 4.98 Å². The lowest BCUT2D eigenvalue weighted by Gasteiger charge is -2.00. The van der Waals surface area contributed by atoms with Crippen molar-refractivity contribution in [2.24, 2.45) is 0 Å². The number of furan rings is 1. The van der Waals surface area contributed by atoms with Gasteiger partial charge in [-0.25, -0.2) is 9.24 Å². The third-order valence-corrected chi connectivity index (χ3v) is 3.64. The molecule has 0 unspecified atom stereocenters. The van der Waals surface area contributed by atoms with Crippen molar-refractivity contribution in [2.45, 2.75) is 0 Å². The van der Waals surface area contributed by atoms with E-state index in [4.69, 9.17) is 11.0 Å². The summed E-state index contributed by atoms with van der Waals surface area (Å²) in [5.74, 6) is -0.569. The molecule has 22 heavy (non-hydrogen) atoms. The summed E-state index contributed by atoms with van der Waals surface area (Å²) in [5, 5.41) is 1.59. The van der Waals surface area contributed by atoms with Gasteiger partial charge in [0.05, 0.1) is 12.3 Å². The largest absolute Gasteiger partial charge is 0.466 e. The first-order chi connectivity index (χ1) is 10.8. The second kappa shape index (κ2) is 4.68. The Balaban J connectivity index is 2.15. The van der Waals surface area contributed by atoms with E-state index in [0.29, 0.717) is 5.58 Å². The predicted molar refractivity (Wildman–Crippen MR) is 83.2 cm³/mol. The average molecular weight is 288 g/mol. The topological polar surface area (TPSA) is 30.4 Å². The number of fused-ring (bicyclic) bond motifs is 3. The molecule has 0 spiro atoms. The first-order valence-corrected chi connectivity index (χ1v) is 6.72. The van der Waals surface area contributed by atoms with E-state index in [1.165, 1.54) is 6.07 Å². The third-order valence-electron chi connectivity index (χ3n) is 3.64. The Labute approximate surface area is 125 Å². The van der Waals surface area contributed by atoms with E-state index < -0.39 is 5.82 Å². The van der Waals surface area contributed by atoms with Crippen molar-refractivity contribution < 1.29 is 8.81 Å². The normalized spacial score (nSPS) is 10.9. The smallest absolute Gasteiger partial charge is 0.264 e. The van der Waals surface area contributed by atoms with Crippen LogP contribution in [0.1, 0.15) is 0 Å². The number of hydrogen-bond donors (Lipinski definition) is 0. The Bertz CT molecular complexity index is 1050. The molecule has 0 aliphatic heterocycles. The van der Waals surface area contributed by atoms with E-state index in [9.17, 15) is 4.39 Å². The van der Waals surface area contributed by atoms with Gasteiger partial charge in [0.25, 0.3) is 5.69 Å². The van der Waals surface area contributed by atoms with E-state index >= 15 is 0 Å². The van der Waals surface area contributed by atoms with Crippen molar-refractivity contribution in [1.82, 2.24) is 4.98 Å². The molecule has 0 aliphatic carbocycles. The zero-order valence-corrected chi connectivity index (χ0v) is 11.4. The first-order valence-electron chi connectivity index (χ1n) is 6.72. The minimum absolute atomic E-state index is 0.0827. The molecule has 0 aliphatic rings. The Kier molecular flexibility index (Phi) is 2.67. The minimum atomic E-state index is -0.569. The van der Waals surface area contributed by atoms with Gasteiger partial charge in [-0.05, 0) is 24.3 Å². The van der Waals surface area contributed by atoms with Gasteiger partial charge < -0.3 is 4.42 Å². The van der Waals surface area contributed by atoms with Crippen LogP contribution in [0.25, 0.3) is 38.0 Å². The zero-order chi connectivity index (χ0) is 15.1. The maximum atomic E-state index is 13.8. The van der Waals surface area contributed by atoms with Gasteiger partial charge in [-0.15, -0.1) is 0 Å². The van der Waals surface area contributed by atoms with Crippen molar-refractivity contribution in [3.8, 4) is 11.3 Å². The van der Waals surface area contributed by atoms with Gasteiger partial charge in [-0.1, -0.05) is 24.3 Å². The Morgan fingerprint density at radius 3 is 2.59 bits per heavy atom. The van der Waals surface area contributed by atoms with Gasteiger partial charge in [0.15, 0.2) is 0 Å². The number of rotatable bonds is 1. The zero-order valence-electron chi connectivity index (χ0n) is 11.4. The van der Waals surface area contributed by atoms with Crippen LogP contribution in [0.15, 0.2) is 59.1 Å². The van der Waals surface area contributed by atoms with Crippen LogP contribution in [0.2, 0.25) is 0 Å². The molecule has 2 aromatic heterocycles. The highest BCUT2D eigenvalue weighted by Crippen LogP contribution is 2.39. The van der Waals surface area contributed by atoms with E-state index in [0.717, 1.165) is 22.0 Å². The Morgan fingerprint density at radius 1 is 0.955 bits per heavy atom. The monoisotopic (exact) mass is 288 g/mol. The lowest BCUT2D eigenvalue weighted by Crippen LogP contribution is -1.81. The molecule has 0 N–H and O–H groups in total. The maximum absolute atomic E-state index is 13.8. The van der Waals surface area contributed by atoms with Crippen molar-refractivity contribution in [2.75, 3.05) is 0 Å². The molecule has 0 radical (unpaired) electrons. The second-order valence-electron chi connectivity index (χ2n) is 4.88. The number of benzene rings is 2. The van der Waals surface area contributed by atoms with Crippen LogP contribution in [-0.2, 0) is 0 Å². The molecule has 4 heteroatoms. The van der Waals surface area contributed by atoms with Gasteiger partial charge in [-0.2, -0.15) is 0 Å². The van der Waals surface area contributed by atoms with E-state index in [1.807, 2.05) is 36.4 Å². The molecular weight excluding hydrogens is 279 g/mol. The van der Waals surface area contributed by atoms with Crippen LogP contribution in [0.3, 0.4) is 0 Å². The first kappa shape index (κ1) is 12.5. The molecule has 0 fully saturated rings. The summed E-state index contributed by atoms with van der Waals surface area (Å²) in [6, 6.07) is 14.3. The summed E-state index contributed by atoms with van der Waals surface area (Å²) >= 11 is 0. The molecule has 4 aromatic rings.